The molecule has 1 aromatic heterocycles. The van der Waals surface area contributed by atoms with Gasteiger partial charge in [-0.15, -0.1) is 0 Å². The van der Waals surface area contributed by atoms with Crippen molar-refractivity contribution in [2.24, 2.45) is 5.73 Å². The van der Waals surface area contributed by atoms with Crippen molar-refractivity contribution in [1.29, 1.82) is 0 Å². The molecule has 0 bridgehead atoms. The first-order valence-corrected chi connectivity index (χ1v) is 4.78. The number of carbonyl (C=O) groups excluding carboxylic acids is 1. The zero-order chi connectivity index (χ0) is 10.7. The summed E-state index contributed by atoms with van der Waals surface area (Å²) in [7, 11) is 0. The van der Waals surface area contributed by atoms with Crippen LogP contribution in [0.3, 0.4) is 0 Å². The summed E-state index contributed by atoms with van der Waals surface area (Å²) in [6.07, 6.45) is 3.92. The molecule has 0 radical (unpaired) electrons. The lowest BCUT2D eigenvalue weighted by molar-refractivity contribution is 0.100. The summed E-state index contributed by atoms with van der Waals surface area (Å²) in [5.74, 6) is -0.0333. The number of aromatic nitrogens is 1. The van der Waals surface area contributed by atoms with Crippen LogP contribution < -0.4 is 5.73 Å². The van der Waals surface area contributed by atoms with E-state index in [2.05, 4.69) is 0 Å². The molecule has 2 rings (SSSR count). The Balaban J connectivity index is 2.29. The molecule has 0 aliphatic carbocycles. The first-order chi connectivity index (χ1) is 7.31. The molecule has 0 atom stereocenters. The molecular weight excluding hydrogens is 188 g/mol. The number of ketones is 1. The first kappa shape index (κ1) is 9.68. The van der Waals surface area contributed by atoms with Crippen LogP contribution in [0, 0.1) is 0 Å². The number of hydrogen-bond donors (Lipinski definition) is 1. The molecule has 0 saturated heterocycles. The van der Waals surface area contributed by atoms with Crippen LogP contribution in [0.2, 0.25) is 0 Å². The lowest BCUT2D eigenvalue weighted by Crippen LogP contribution is -2.13. The molecule has 3 heteroatoms. The van der Waals surface area contributed by atoms with E-state index in [1.807, 2.05) is 41.2 Å². The summed E-state index contributed by atoms with van der Waals surface area (Å²) in [4.78, 5) is 11.3. The van der Waals surface area contributed by atoms with Gasteiger partial charge in [-0.25, -0.2) is 0 Å². The van der Waals surface area contributed by atoms with Gasteiger partial charge >= 0.3 is 0 Å². The molecule has 1 aromatic carbocycles. The summed E-state index contributed by atoms with van der Waals surface area (Å²) in [5, 5.41) is 0. The van der Waals surface area contributed by atoms with Crippen molar-refractivity contribution in [2.75, 3.05) is 6.54 Å². The minimum atomic E-state index is -0.0333. The molecule has 1 heterocycles. The van der Waals surface area contributed by atoms with Gasteiger partial charge in [-0.1, -0.05) is 0 Å². The van der Waals surface area contributed by atoms with Gasteiger partial charge in [0.05, 0.1) is 6.54 Å². The van der Waals surface area contributed by atoms with E-state index >= 15 is 0 Å². The monoisotopic (exact) mass is 200 g/mol. The third kappa shape index (κ3) is 1.97. The summed E-state index contributed by atoms with van der Waals surface area (Å²) >= 11 is 0. The first-order valence-electron chi connectivity index (χ1n) is 4.78. The third-order valence-corrected chi connectivity index (χ3v) is 2.28. The van der Waals surface area contributed by atoms with Crippen molar-refractivity contribution in [1.82, 2.24) is 4.57 Å². The molecule has 0 aliphatic rings. The Kier molecular flexibility index (Phi) is 2.65. The van der Waals surface area contributed by atoms with E-state index in [4.69, 9.17) is 5.73 Å². The number of nitrogens with two attached hydrogens (primary N) is 1. The average molecular weight is 200 g/mol. The van der Waals surface area contributed by atoms with E-state index in [1.165, 1.54) is 0 Å². The number of hydrogen-bond acceptors (Lipinski definition) is 2. The van der Waals surface area contributed by atoms with E-state index in [-0.39, 0.29) is 12.3 Å². The Bertz CT molecular complexity index is 443. The van der Waals surface area contributed by atoms with Crippen LogP contribution in [-0.2, 0) is 0 Å². The summed E-state index contributed by atoms with van der Waals surface area (Å²) in [6, 6.07) is 11.3. The Labute approximate surface area is 88.1 Å². The molecule has 15 heavy (non-hydrogen) atoms. The quantitative estimate of drug-likeness (QED) is 0.765. The van der Waals surface area contributed by atoms with Crippen LogP contribution in [0.5, 0.6) is 0 Å². The van der Waals surface area contributed by atoms with Gasteiger partial charge in [0.15, 0.2) is 5.78 Å². The van der Waals surface area contributed by atoms with Gasteiger partial charge in [-0.2, -0.15) is 0 Å². The van der Waals surface area contributed by atoms with E-state index in [0.29, 0.717) is 5.56 Å². The van der Waals surface area contributed by atoms with E-state index < -0.39 is 0 Å². The molecule has 0 spiro atoms. The summed E-state index contributed by atoms with van der Waals surface area (Å²) < 4.78 is 1.98. The topological polar surface area (TPSA) is 48.0 Å². The maximum atomic E-state index is 11.3. The van der Waals surface area contributed by atoms with Crippen LogP contribution in [0.1, 0.15) is 10.4 Å². The predicted molar refractivity (Wildman–Crippen MR) is 59.2 cm³/mol. The molecule has 0 unspecified atom stereocenters. The van der Waals surface area contributed by atoms with Gasteiger partial charge in [-0.3, -0.25) is 4.79 Å². The molecule has 0 amide bonds. The van der Waals surface area contributed by atoms with Crippen LogP contribution in [-0.4, -0.2) is 16.9 Å². The second-order valence-corrected chi connectivity index (χ2v) is 3.26. The minimum Gasteiger partial charge on any atom is -0.324 e. The summed E-state index contributed by atoms with van der Waals surface area (Å²) in [5.41, 5.74) is 6.98. The number of nitrogens with zero attached hydrogens (tertiary/aromatic N) is 1. The maximum absolute atomic E-state index is 11.3. The van der Waals surface area contributed by atoms with Gasteiger partial charge in [0, 0.05) is 23.6 Å². The highest BCUT2D eigenvalue weighted by molar-refractivity contribution is 5.97. The SMILES string of the molecule is NCC(=O)c1ccc(-n2cccc2)cc1. The van der Waals surface area contributed by atoms with Gasteiger partial charge in [0.1, 0.15) is 0 Å². The molecule has 2 aromatic rings. The highest BCUT2D eigenvalue weighted by Gasteiger charge is 2.02. The lowest BCUT2D eigenvalue weighted by atomic mass is 10.1. The number of rotatable bonds is 3. The van der Waals surface area contributed by atoms with Crippen molar-refractivity contribution < 1.29 is 4.79 Å². The molecular formula is C12H12N2O. The molecule has 76 valence electrons. The van der Waals surface area contributed by atoms with Crippen molar-refractivity contribution in [3.63, 3.8) is 0 Å². The zero-order valence-electron chi connectivity index (χ0n) is 8.26. The normalized spacial score (nSPS) is 10.2. The number of benzene rings is 1. The second-order valence-electron chi connectivity index (χ2n) is 3.26. The molecule has 0 aliphatic heterocycles. The van der Waals surface area contributed by atoms with Gasteiger partial charge < -0.3 is 10.3 Å². The van der Waals surface area contributed by atoms with Crippen LogP contribution in [0.25, 0.3) is 5.69 Å². The fraction of sp³-hybridized carbons (Fsp3) is 0.0833. The highest BCUT2D eigenvalue weighted by atomic mass is 16.1. The molecule has 2 N–H and O–H groups in total. The van der Waals surface area contributed by atoms with Crippen LogP contribution in [0.15, 0.2) is 48.8 Å². The average Bonchev–Trinajstić information content (AvgIpc) is 2.82. The molecule has 3 nitrogen and oxygen atoms in total. The van der Waals surface area contributed by atoms with E-state index in [1.54, 1.807) is 12.1 Å². The predicted octanol–water partition coefficient (Wildman–Crippen LogP) is 1.62. The Morgan fingerprint density at radius 3 is 2.27 bits per heavy atom. The Morgan fingerprint density at radius 1 is 1.13 bits per heavy atom. The third-order valence-electron chi connectivity index (χ3n) is 2.28. The number of carbonyl (C=O) groups is 1. The van der Waals surface area contributed by atoms with Crippen LogP contribution >= 0.6 is 0 Å². The van der Waals surface area contributed by atoms with Gasteiger partial charge in [0.2, 0.25) is 0 Å². The second kappa shape index (κ2) is 4.11. The molecule has 0 saturated carbocycles. The zero-order valence-corrected chi connectivity index (χ0v) is 8.26. The smallest absolute Gasteiger partial charge is 0.176 e. The summed E-state index contributed by atoms with van der Waals surface area (Å²) in [6.45, 7) is 0.0584. The fourth-order valence-electron chi connectivity index (χ4n) is 1.44. The van der Waals surface area contributed by atoms with E-state index in [9.17, 15) is 4.79 Å². The van der Waals surface area contributed by atoms with Crippen molar-refractivity contribution in [3.05, 3.63) is 54.4 Å². The Morgan fingerprint density at radius 2 is 1.73 bits per heavy atom. The molecule has 0 fully saturated rings. The van der Waals surface area contributed by atoms with Gasteiger partial charge in [0.25, 0.3) is 0 Å². The van der Waals surface area contributed by atoms with E-state index in [0.717, 1.165) is 5.69 Å². The maximum Gasteiger partial charge on any atom is 0.176 e. The Hall–Kier alpha value is -1.87. The lowest BCUT2D eigenvalue weighted by Gasteiger charge is -2.03. The van der Waals surface area contributed by atoms with Crippen molar-refractivity contribution >= 4 is 5.78 Å². The largest absolute Gasteiger partial charge is 0.324 e. The van der Waals surface area contributed by atoms with Crippen LogP contribution in [0.4, 0.5) is 0 Å². The van der Waals surface area contributed by atoms with Gasteiger partial charge in [-0.05, 0) is 36.4 Å². The fourth-order valence-corrected chi connectivity index (χ4v) is 1.44. The standard InChI is InChI=1S/C12H12N2O/c13-9-12(15)10-3-5-11(6-4-10)14-7-1-2-8-14/h1-8H,9,13H2. The highest BCUT2D eigenvalue weighted by Crippen LogP contribution is 2.10. The minimum absolute atomic E-state index is 0.0333. The number of Topliss-reactive ketones (excluding diaryl/α,β-unsaturated/α-hetero) is 1. The van der Waals surface area contributed by atoms with Crippen molar-refractivity contribution in [2.45, 2.75) is 0 Å². The van der Waals surface area contributed by atoms with Crippen molar-refractivity contribution in [3.8, 4) is 5.69 Å².